The average Bonchev–Trinajstić information content (AvgIpc) is 2.18. The first kappa shape index (κ1) is 10.3. The topological polar surface area (TPSA) is 53.0 Å². The van der Waals surface area contributed by atoms with Crippen molar-refractivity contribution >= 4 is 6.09 Å². The third-order valence-electron chi connectivity index (χ3n) is 2.03. The molecule has 1 amide bonds. The van der Waals surface area contributed by atoms with E-state index in [1.165, 1.54) is 0 Å². The fraction of sp³-hybridized carbons (Fsp3) is 0.875. The van der Waals surface area contributed by atoms with Gasteiger partial charge in [-0.1, -0.05) is 6.42 Å². The molecule has 1 heterocycles. The molecule has 0 atom stereocenters. The van der Waals surface area contributed by atoms with Crippen LogP contribution >= 0.6 is 0 Å². The van der Waals surface area contributed by atoms with E-state index in [0.29, 0.717) is 5.17 Å². The van der Waals surface area contributed by atoms with E-state index in [0.717, 1.165) is 32.4 Å². The highest BCUT2D eigenvalue weighted by molar-refractivity contribution is 5.65. The summed E-state index contributed by atoms with van der Waals surface area (Å²) < 4.78 is 4.65. The summed E-state index contributed by atoms with van der Waals surface area (Å²) in [5, 5.41) is 11.5. The molecule has 1 aliphatic heterocycles. The van der Waals surface area contributed by atoms with Crippen LogP contribution in [0.3, 0.4) is 0 Å². The van der Waals surface area contributed by atoms with Gasteiger partial charge in [0.15, 0.2) is 0 Å². The van der Waals surface area contributed by atoms with E-state index in [9.17, 15) is 10.0 Å². The molecule has 76 valence electrons. The van der Waals surface area contributed by atoms with Gasteiger partial charge in [-0.25, -0.2) is 4.79 Å². The zero-order valence-electron chi connectivity index (χ0n) is 7.90. The number of piperidine rings is 1. The predicted octanol–water partition coefficient (Wildman–Crippen LogP) is 1.24. The Morgan fingerprint density at radius 2 is 2.08 bits per heavy atom. The molecule has 0 aromatic rings. The number of nitrogens with zero attached hydrogens (tertiary/aromatic N) is 2. The van der Waals surface area contributed by atoms with Crippen LogP contribution in [-0.2, 0) is 4.74 Å². The summed E-state index contributed by atoms with van der Waals surface area (Å²) in [6.45, 7) is 3.43. The summed E-state index contributed by atoms with van der Waals surface area (Å²) in [6.07, 6.45) is 2.49. The second-order valence-electron chi connectivity index (χ2n) is 3.00. The number of amides is 1. The largest absolute Gasteiger partial charge is 0.449 e. The summed E-state index contributed by atoms with van der Waals surface area (Å²) in [5.74, 6) is 0. The maximum Gasteiger partial charge on any atom is 0.449 e. The third-order valence-corrected chi connectivity index (χ3v) is 2.03. The minimum absolute atomic E-state index is 0.281. The fourth-order valence-corrected chi connectivity index (χ4v) is 1.36. The van der Waals surface area contributed by atoms with Crippen molar-refractivity contribution < 1.29 is 14.7 Å². The molecule has 0 spiro atoms. The first-order valence-corrected chi connectivity index (χ1v) is 4.66. The molecule has 0 radical (unpaired) electrons. The maximum atomic E-state index is 11.1. The molecule has 1 aliphatic rings. The molecule has 0 aromatic carbocycles. The van der Waals surface area contributed by atoms with Gasteiger partial charge in [-0.05, 0) is 19.8 Å². The quantitative estimate of drug-likeness (QED) is 0.523. The molecule has 0 saturated carbocycles. The molecule has 0 aliphatic carbocycles. The Bertz CT molecular complexity index is 169. The molecule has 13 heavy (non-hydrogen) atoms. The van der Waals surface area contributed by atoms with Crippen molar-refractivity contribution in [2.24, 2.45) is 0 Å². The van der Waals surface area contributed by atoms with Gasteiger partial charge in [0.05, 0.1) is 6.61 Å². The standard InChI is InChI=1S/C8H16N2O3/c1-2-13-8(11)10(12)9-6-4-3-5-7-9/h12H,2-7H2,1H3. The van der Waals surface area contributed by atoms with Crippen LogP contribution < -0.4 is 0 Å². The summed E-state index contributed by atoms with van der Waals surface area (Å²) in [5.41, 5.74) is 0. The van der Waals surface area contributed by atoms with Crippen molar-refractivity contribution in [1.29, 1.82) is 0 Å². The van der Waals surface area contributed by atoms with Crippen LogP contribution in [0.2, 0.25) is 0 Å². The van der Waals surface area contributed by atoms with Gasteiger partial charge < -0.3 is 4.74 Å². The summed E-state index contributed by atoms with van der Waals surface area (Å²) in [7, 11) is 0. The lowest BCUT2D eigenvalue weighted by atomic mass is 10.2. The lowest BCUT2D eigenvalue weighted by Gasteiger charge is -2.31. The number of hydrogen-bond donors (Lipinski definition) is 1. The van der Waals surface area contributed by atoms with Crippen LogP contribution in [0.4, 0.5) is 4.79 Å². The number of hydrogen-bond acceptors (Lipinski definition) is 4. The first-order valence-electron chi connectivity index (χ1n) is 4.66. The van der Waals surface area contributed by atoms with Crippen LogP contribution in [0, 0.1) is 0 Å². The summed E-state index contributed by atoms with van der Waals surface area (Å²) in [4.78, 5) is 11.1. The maximum absolute atomic E-state index is 11.1. The van der Waals surface area contributed by atoms with Crippen LogP contribution in [0.15, 0.2) is 0 Å². The molecule has 5 nitrogen and oxygen atoms in total. The third kappa shape index (κ3) is 2.86. The number of carbonyl (C=O) groups is 1. The minimum Gasteiger partial charge on any atom is -0.447 e. The molecule has 5 heteroatoms. The Morgan fingerprint density at radius 3 is 2.62 bits per heavy atom. The van der Waals surface area contributed by atoms with Gasteiger partial charge in [0.1, 0.15) is 0 Å². The van der Waals surface area contributed by atoms with Gasteiger partial charge in [0.25, 0.3) is 0 Å². The highest BCUT2D eigenvalue weighted by Crippen LogP contribution is 2.10. The van der Waals surface area contributed by atoms with E-state index >= 15 is 0 Å². The number of rotatable bonds is 2. The summed E-state index contributed by atoms with van der Waals surface area (Å²) >= 11 is 0. The van der Waals surface area contributed by atoms with E-state index in [-0.39, 0.29) is 6.61 Å². The zero-order valence-corrected chi connectivity index (χ0v) is 7.90. The molecular weight excluding hydrogens is 172 g/mol. The van der Waals surface area contributed by atoms with Gasteiger partial charge in [-0.15, -0.1) is 5.17 Å². The minimum atomic E-state index is -0.690. The van der Waals surface area contributed by atoms with E-state index in [1.807, 2.05) is 0 Å². The van der Waals surface area contributed by atoms with Crippen molar-refractivity contribution in [1.82, 2.24) is 10.2 Å². The van der Waals surface area contributed by atoms with Gasteiger partial charge in [-0.2, -0.15) is 5.01 Å². The van der Waals surface area contributed by atoms with E-state index in [2.05, 4.69) is 4.74 Å². The molecule has 0 aromatic heterocycles. The number of ether oxygens (including phenoxy) is 1. The normalized spacial score (nSPS) is 18.3. The molecule has 1 rings (SSSR count). The van der Waals surface area contributed by atoms with Gasteiger partial charge >= 0.3 is 6.09 Å². The molecule has 1 saturated heterocycles. The molecule has 1 N–H and O–H groups in total. The Labute approximate surface area is 77.8 Å². The molecule has 0 bridgehead atoms. The predicted molar refractivity (Wildman–Crippen MR) is 46.1 cm³/mol. The number of hydrazine groups is 1. The number of hydroxylamine groups is 1. The highest BCUT2D eigenvalue weighted by atomic mass is 16.7. The van der Waals surface area contributed by atoms with E-state index < -0.39 is 6.09 Å². The van der Waals surface area contributed by atoms with Crippen molar-refractivity contribution in [3.05, 3.63) is 0 Å². The first-order chi connectivity index (χ1) is 6.25. The molecule has 0 unspecified atom stereocenters. The van der Waals surface area contributed by atoms with Crippen molar-refractivity contribution in [2.75, 3.05) is 19.7 Å². The fourth-order valence-electron chi connectivity index (χ4n) is 1.36. The van der Waals surface area contributed by atoms with E-state index in [1.54, 1.807) is 11.9 Å². The van der Waals surface area contributed by atoms with Crippen LogP contribution in [0.1, 0.15) is 26.2 Å². The van der Waals surface area contributed by atoms with Crippen LogP contribution in [0.5, 0.6) is 0 Å². The summed E-state index contributed by atoms with van der Waals surface area (Å²) in [6, 6.07) is 0. The smallest absolute Gasteiger partial charge is 0.447 e. The Balaban J connectivity index is 2.35. The van der Waals surface area contributed by atoms with Crippen molar-refractivity contribution in [3.8, 4) is 0 Å². The zero-order chi connectivity index (χ0) is 9.68. The van der Waals surface area contributed by atoms with Crippen molar-refractivity contribution in [2.45, 2.75) is 26.2 Å². The van der Waals surface area contributed by atoms with Gasteiger partial charge in [0.2, 0.25) is 0 Å². The lowest BCUT2D eigenvalue weighted by molar-refractivity contribution is -0.219. The Hall–Kier alpha value is -0.810. The molecular formula is C8H16N2O3. The van der Waals surface area contributed by atoms with Gasteiger partial charge in [0, 0.05) is 13.1 Å². The average molecular weight is 188 g/mol. The SMILES string of the molecule is CCOC(=O)N(O)N1CCCCC1. The van der Waals surface area contributed by atoms with Crippen LogP contribution in [-0.4, -0.2) is 41.2 Å². The monoisotopic (exact) mass is 188 g/mol. The van der Waals surface area contributed by atoms with E-state index in [4.69, 9.17) is 0 Å². The number of carbonyl (C=O) groups excluding carboxylic acids is 1. The Kier molecular flexibility index (Phi) is 3.98. The Morgan fingerprint density at radius 1 is 1.46 bits per heavy atom. The highest BCUT2D eigenvalue weighted by Gasteiger charge is 2.22. The van der Waals surface area contributed by atoms with Crippen molar-refractivity contribution in [3.63, 3.8) is 0 Å². The lowest BCUT2D eigenvalue weighted by Crippen LogP contribution is -2.47. The second kappa shape index (κ2) is 5.04. The van der Waals surface area contributed by atoms with Gasteiger partial charge in [-0.3, -0.25) is 5.21 Å². The van der Waals surface area contributed by atoms with Crippen LogP contribution in [0.25, 0.3) is 0 Å². The second-order valence-corrected chi connectivity index (χ2v) is 3.00. The molecule has 1 fully saturated rings.